The predicted molar refractivity (Wildman–Crippen MR) is 117 cm³/mol. The van der Waals surface area contributed by atoms with Crippen molar-refractivity contribution in [2.75, 3.05) is 13.7 Å². The summed E-state index contributed by atoms with van der Waals surface area (Å²) in [6, 6.07) is 22.6. The third-order valence-corrected chi connectivity index (χ3v) is 6.17. The lowest BCUT2D eigenvalue weighted by Gasteiger charge is -2.30. The first-order valence-electron chi connectivity index (χ1n) is 10.3. The SMILES string of the molecule is COc1ccc(C2(CNC(=O)NCc3cccc4ccccc34)CCCC2)cc1. The molecule has 150 valence electrons. The number of hydrogen-bond acceptors (Lipinski definition) is 2. The number of rotatable bonds is 6. The van der Waals surface area contributed by atoms with Crippen molar-refractivity contribution in [1.82, 2.24) is 10.6 Å². The zero-order valence-electron chi connectivity index (χ0n) is 16.9. The van der Waals surface area contributed by atoms with Gasteiger partial charge in [0.1, 0.15) is 5.75 Å². The summed E-state index contributed by atoms with van der Waals surface area (Å²) in [4.78, 5) is 12.5. The van der Waals surface area contributed by atoms with E-state index in [9.17, 15) is 4.79 Å². The fourth-order valence-corrected chi connectivity index (χ4v) is 4.50. The molecule has 2 N–H and O–H groups in total. The number of benzene rings is 3. The molecule has 1 aliphatic carbocycles. The molecule has 2 amide bonds. The Morgan fingerprint density at radius 3 is 2.41 bits per heavy atom. The first kappa shape index (κ1) is 19.3. The van der Waals surface area contributed by atoms with Crippen LogP contribution in [0.5, 0.6) is 5.75 Å². The smallest absolute Gasteiger partial charge is 0.315 e. The summed E-state index contributed by atoms with van der Waals surface area (Å²) in [5.41, 5.74) is 2.43. The molecule has 4 nitrogen and oxygen atoms in total. The molecule has 4 heteroatoms. The van der Waals surface area contributed by atoms with Gasteiger partial charge in [-0.2, -0.15) is 0 Å². The van der Waals surface area contributed by atoms with Crippen LogP contribution in [0.25, 0.3) is 10.8 Å². The van der Waals surface area contributed by atoms with Gasteiger partial charge >= 0.3 is 6.03 Å². The van der Waals surface area contributed by atoms with E-state index in [2.05, 4.69) is 47.0 Å². The van der Waals surface area contributed by atoms with Crippen LogP contribution in [-0.4, -0.2) is 19.7 Å². The normalized spacial score (nSPS) is 15.2. The number of hydrogen-bond donors (Lipinski definition) is 2. The standard InChI is InChI=1S/C25H28N2O2/c1-29-22-13-11-21(12-14-22)25(15-4-5-16-25)18-27-24(28)26-17-20-9-6-8-19-7-2-3-10-23(19)20/h2-3,6-14H,4-5,15-18H2,1H3,(H2,26,27,28). The lowest BCUT2D eigenvalue weighted by molar-refractivity contribution is 0.236. The Kier molecular flexibility index (Phi) is 5.70. The lowest BCUT2D eigenvalue weighted by Crippen LogP contribution is -2.43. The maximum absolute atomic E-state index is 12.5. The van der Waals surface area contributed by atoms with Crippen molar-refractivity contribution in [1.29, 1.82) is 0 Å². The van der Waals surface area contributed by atoms with Crippen molar-refractivity contribution in [3.05, 3.63) is 77.9 Å². The first-order chi connectivity index (χ1) is 14.2. The zero-order chi connectivity index (χ0) is 20.1. The maximum Gasteiger partial charge on any atom is 0.315 e. The topological polar surface area (TPSA) is 50.4 Å². The summed E-state index contributed by atoms with van der Waals surface area (Å²) in [5, 5.41) is 8.53. The van der Waals surface area contributed by atoms with Gasteiger partial charge in [0, 0.05) is 18.5 Å². The van der Waals surface area contributed by atoms with Gasteiger partial charge in [-0.25, -0.2) is 4.79 Å². The van der Waals surface area contributed by atoms with Gasteiger partial charge in [0.15, 0.2) is 0 Å². The first-order valence-corrected chi connectivity index (χ1v) is 10.3. The van der Waals surface area contributed by atoms with Crippen LogP contribution < -0.4 is 15.4 Å². The van der Waals surface area contributed by atoms with Crippen molar-refractivity contribution < 1.29 is 9.53 Å². The zero-order valence-corrected chi connectivity index (χ0v) is 16.9. The van der Waals surface area contributed by atoms with Gasteiger partial charge in [0.2, 0.25) is 0 Å². The molecule has 4 rings (SSSR count). The second-order valence-corrected chi connectivity index (χ2v) is 7.89. The van der Waals surface area contributed by atoms with Gasteiger partial charge in [0.05, 0.1) is 7.11 Å². The molecule has 3 aromatic rings. The van der Waals surface area contributed by atoms with Gasteiger partial charge in [-0.05, 0) is 46.9 Å². The summed E-state index contributed by atoms with van der Waals surface area (Å²) in [5.74, 6) is 0.864. The summed E-state index contributed by atoms with van der Waals surface area (Å²) in [6.07, 6.45) is 4.60. The molecule has 1 saturated carbocycles. The molecule has 0 heterocycles. The van der Waals surface area contributed by atoms with E-state index in [1.807, 2.05) is 30.3 Å². The second kappa shape index (κ2) is 8.56. The molecule has 29 heavy (non-hydrogen) atoms. The Labute approximate surface area is 172 Å². The predicted octanol–water partition coefficient (Wildman–Crippen LogP) is 5.16. The highest BCUT2D eigenvalue weighted by molar-refractivity contribution is 5.86. The minimum absolute atomic E-state index is 0.0169. The van der Waals surface area contributed by atoms with E-state index in [0.717, 1.165) is 24.2 Å². The molecule has 0 unspecified atom stereocenters. The van der Waals surface area contributed by atoms with Crippen molar-refractivity contribution in [3.63, 3.8) is 0 Å². The number of amides is 2. The quantitative estimate of drug-likeness (QED) is 0.613. The Morgan fingerprint density at radius 1 is 0.931 bits per heavy atom. The molecule has 0 atom stereocenters. The van der Waals surface area contributed by atoms with Crippen molar-refractivity contribution >= 4 is 16.8 Å². The fourth-order valence-electron chi connectivity index (χ4n) is 4.50. The van der Waals surface area contributed by atoms with E-state index in [1.165, 1.54) is 29.2 Å². The molecule has 1 fully saturated rings. The summed E-state index contributed by atoms with van der Waals surface area (Å²) < 4.78 is 5.29. The minimum Gasteiger partial charge on any atom is -0.497 e. The summed E-state index contributed by atoms with van der Waals surface area (Å²) in [6.45, 7) is 1.17. The third kappa shape index (κ3) is 4.21. The third-order valence-electron chi connectivity index (χ3n) is 6.17. The lowest BCUT2D eigenvalue weighted by atomic mass is 9.79. The number of fused-ring (bicyclic) bond motifs is 1. The van der Waals surface area contributed by atoms with Crippen LogP contribution in [0.4, 0.5) is 4.79 Å². The number of urea groups is 1. The van der Waals surface area contributed by atoms with E-state index in [0.29, 0.717) is 13.1 Å². The highest BCUT2D eigenvalue weighted by Crippen LogP contribution is 2.41. The molecular formula is C25H28N2O2. The van der Waals surface area contributed by atoms with Crippen LogP contribution >= 0.6 is 0 Å². The molecule has 0 bridgehead atoms. The van der Waals surface area contributed by atoms with E-state index < -0.39 is 0 Å². The molecule has 3 aromatic carbocycles. The van der Waals surface area contributed by atoms with E-state index in [-0.39, 0.29) is 11.4 Å². The van der Waals surface area contributed by atoms with Gasteiger partial charge in [-0.3, -0.25) is 0 Å². The van der Waals surface area contributed by atoms with E-state index >= 15 is 0 Å². The Hall–Kier alpha value is -3.01. The summed E-state index contributed by atoms with van der Waals surface area (Å²) >= 11 is 0. The van der Waals surface area contributed by atoms with Crippen molar-refractivity contribution in [3.8, 4) is 5.75 Å². The van der Waals surface area contributed by atoms with Crippen LogP contribution in [0.2, 0.25) is 0 Å². The average Bonchev–Trinajstić information content (AvgIpc) is 3.26. The van der Waals surface area contributed by atoms with Crippen molar-refractivity contribution in [2.24, 2.45) is 0 Å². The largest absolute Gasteiger partial charge is 0.497 e. The average molecular weight is 389 g/mol. The Morgan fingerprint density at radius 2 is 1.66 bits per heavy atom. The Balaban J connectivity index is 1.39. The minimum atomic E-state index is -0.113. The maximum atomic E-state index is 12.5. The van der Waals surface area contributed by atoms with Crippen LogP contribution in [-0.2, 0) is 12.0 Å². The highest BCUT2D eigenvalue weighted by atomic mass is 16.5. The molecule has 1 aliphatic rings. The number of carbonyl (C=O) groups excluding carboxylic acids is 1. The highest BCUT2D eigenvalue weighted by Gasteiger charge is 2.35. The number of carbonyl (C=O) groups is 1. The van der Waals surface area contributed by atoms with Crippen LogP contribution in [0.3, 0.4) is 0 Å². The number of ether oxygens (including phenoxy) is 1. The molecule has 0 saturated heterocycles. The molecule has 0 aliphatic heterocycles. The van der Waals surface area contributed by atoms with Gasteiger partial charge in [0.25, 0.3) is 0 Å². The summed E-state index contributed by atoms with van der Waals surface area (Å²) in [7, 11) is 1.68. The van der Waals surface area contributed by atoms with E-state index in [4.69, 9.17) is 4.74 Å². The fraction of sp³-hybridized carbons (Fsp3) is 0.320. The second-order valence-electron chi connectivity index (χ2n) is 7.89. The number of nitrogens with one attached hydrogen (secondary N) is 2. The number of methoxy groups -OCH3 is 1. The Bertz CT molecular complexity index is 970. The van der Waals surface area contributed by atoms with Gasteiger partial charge in [-0.1, -0.05) is 67.4 Å². The monoisotopic (exact) mass is 388 g/mol. The van der Waals surface area contributed by atoms with Gasteiger partial charge in [-0.15, -0.1) is 0 Å². The van der Waals surface area contributed by atoms with Crippen molar-refractivity contribution in [2.45, 2.75) is 37.6 Å². The van der Waals surface area contributed by atoms with Crippen LogP contribution in [0.1, 0.15) is 36.8 Å². The van der Waals surface area contributed by atoms with Crippen LogP contribution in [0.15, 0.2) is 66.7 Å². The van der Waals surface area contributed by atoms with Crippen LogP contribution in [0, 0.1) is 0 Å². The molecule has 0 aromatic heterocycles. The van der Waals surface area contributed by atoms with E-state index in [1.54, 1.807) is 7.11 Å². The molecular weight excluding hydrogens is 360 g/mol. The molecule has 0 radical (unpaired) electrons. The van der Waals surface area contributed by atoms with Gasteiger partial charge < -0.3 is 15.4 Å². The molecule has 0 spiro atoms.